The molecule has 3 aromatic rings. The maximum atomic E-state index is 12.3. The van der Waals surface area contributed by atoms with Crippen molar-refractivity contribution in [3.05, 3.63) is 40.9 Å². The van der Waals surface area contributed by atoms with Crippen LogP contribution in [0.15, 0.2) is 30.3 Å². The van der Waals surface area contributed by atoms with E-state index in [2.05, 4.69) is 9.82 Å². The van der Waals surface area contributed by atoms with Crippen molar-refractivity contribution in [1.29, 1.82) is 0 Å². The van der Waals surface area contributed by atoms with Gasteiger partial charge in [-0.05, 0) is 37.3 Å². The van der Waals surface area contributed by atoms with Crippen molar-refractivity contribution in [3.63, 3.8) is 0 Å². The molecule has 0 radical (unpaired) electrons. The maximum Gasteiger partial charge on any atom is 0.353 e. The highest BCUT2D eigenvalue weighted by molar-refractivity contribution is 7.92. The fraction of sp³-hybridized carbons (Fsp3) is 0.200. The fourth-order valence-corrected chi connectivity index (χ4v) is 3.83. The topological polar surface area (TPSA) is 90.3 Å². The molecular formula is C15H15N3O4S2. The van der Waals surface area contributed by atoms with Crippen LogP contribution in [0.4, 0.5) is 5.69 Å². The lowest BCUT2D eigenvalue weighted by Crippen LogP contribution is -2.10. The third-order valence-electron chi connectivity index (χ3n) is 3.27. The second kappa shape index (κ2) is 5.91. The van der Waals surface area contributed by atoms with Crippen molar-refractivity contribution in [2.75, 3.05) is 11.0 Å². The van der Waals surface area contributed by atoms with Crippen molar-refractivity contribution in [3.8, 4) is 5.75 Å². The zero-order valence-electron chi connectivity index (χ0n) is 13.2. The van der Waals surface area contributed by atoms with E-state index < -0.39 is 16.0 Å². The number of nitrogens with zero attached hydrogens (tertiary/aromatic N) is 2. The summed E-state index contributed by atoms with van der Waals surface area (Å²) >= 11 is 1.32. The van der Waals surface area contributed by atoms with Gasteiger partial charge in [0.15, 0.2) is 0 Å². The van der Waals surface area contributed by atoms with Crippen LogP contribution in [0.3, 0.4) is 0 Å². The van der Waals surface area contributed by atoms with Gasteiger partial charge in [-0.15, -0.1) is 11.3 Å². The van der Waals surface area contributed by atoms with E-state index in [1.807, 2.05) is 14.0 Å². The summed E-state index contributed by atoms with van der Waals surface area (Å²) in [5, 5.41) is 5.22. The maximum absolute atomic E-state index is 12.3. The lowest BCUT2D eigenvalue weighted by Gasteiger charge is -2.06. The Bertz CT molecular complexity index is 983. The second-order valence-corrected chi connectivity index (χ2v) is 8.11. The van der Waals surface area contributed by atoms with Gasteiger partial charge in [-0.3, -0.25) is 9.40 Å². The molecule has 2 heterocycles. The van der Waals surface area contributed by atoms with Crippen LogP contribution >= 0.6 is 11.3 Å². The van der Waals surface area contributed by atoms with Crippen molar-refractivity contribution in [2.24, 2.45) is 7.05 Å². The zero-order chi connectivity index (χ0) is 17.5. The average Bonchev–Trinajstić information content (AvgIpc) is 3.02. The summed E-state index contributed by atoms with van der Waals surface area (Å²) in [7, 11) is -1.51. The number of nitrogens with one attached hydrogen (secondary N) is 1. The van der Waals surface area contributed by atoms with E-state index in [1.54, 1.807) is 10.7 Å². The first-order chi connectivity index (χ1) is 11.2. The molecule has 0 aliphatic rings. The Balaban J connectivity index is 1.77. The minimum atomic E-state index is -3.34. The first-order valence-electron chi connectivity index (χ1n) is 6.96. The number of fused-ring (bicyclic) bond motifs is 1. The summed E-state index contributed by atoms with van der Waals surface area (Å²) in [5.41, 5.74) is 1.26. The van der Waals surface area contributed by atoms with E-state index in [0.29, 0.717) is 16.3 Å². The standard InChI is InChI=1S/C15H15N3O4S2/c1-9-12-8-13(23-14(12)18(2)16-9)15(19)22-11-6-4-10(5-7-11)17-24(3,20)21/h4-8,17H,1-3H3. The Morgan fingerprint density at radius 3 is 2.54 bits per heavy atom. The lowest BCUT2D eigenvalue weighted by atomic mass is 10.3. The summed E-state index contributed by atoms with van der Waals surface area (Å²) in [6.07, 6.45) is 1.07. The predicted octanol–water partition coefficient (Wildman–Crippen LogP) is 2.53. The number of carbonyl (C=O) groups is 1. The van der Waals surface area contributed by atoms with Gasteiger partial charge in [0, 0.05) is 18.1 Å². The number of hydrogen-bond donors (Lipinski definition) is 1. The molecule has 0 bridgehead atoms. The summed E-state index contributed by atoms with van der Waals surface area (Å²) in [4.78, 5) is 13.7. The highest BCUT2D eigenvalue weighted by atomic mass is 32.2. The summed E-state index contributed by atoms with van der Waals surface area (Å²) in [5.74, 6) is -0.120. The molecule has 3 rings (SSSR count). The molecule has 0 unspecified atom stereocenters. The van der Waals surface area contributed by atoms with Crippen LogP contribution in [0.2, 0.25) is 0 Å². The Kier molecular flexibility index (Phi) is 4.06. The molecule has 126 valence electrons. The number of thiophene rings is 1. The Labute approximate surface area is 142 Å². The van der Waals surface area contributed by atoms with Crippen LogP contribution < -0.4 is 9.46 Å². The van der Waals surface area contributed by atoms with E-state index in [4.69, 9.17) is 4.74 Å². The molecule has 2 aromatic heterocycles. The minimum absolute atomic E-state index is 0.339. The summed E-state index contributed by atoms with van der Waals surface area (Å²) < 4.78 is 31.7. The molecule has 0 aliphatic heterocycles. The lowest BCUT2D eigenvalue weighted by molar-refractivity contribution is 0.0740. The molecule has 24 heavy (non-hydrogen) atoms. The highest BCUT2D eigenvalue weighted by Crippen LogP contribution is 2.28. The predicted molar refractivity (Wildman–Crippen MR) is 93.2 cm³/mol. The monoisotopic (exact) mass is 365 g/mol. The van der Waals surface area contributed by atoms with E-state index >= 15 is 0 Å². The molecule has 1 aromatic carbocycles. The van der Waals surface area contributed by atoms with Gasteiger partial charge in [-0.1, -0.05) is 0 Å². The van der Waals surface area contributed by atoms with E-state index in [0.717, 1.165) is 22.2 Å². The molecule has 9 heteroatoms. The smallest absolute Gasteiger partial charge is 0.353 e. The number of aromatic nitrogens is 2. The number of esters is 1. The third kappa shape index (κ3) is 3.41. The van der Waals surface area contributed by atoms with Gasteiger partial charge in [0.05, 0.1) is 11.9 Å². The molecule has 0 saturated heterocycles. The second-order valence-electron chi connectivity index (χ2n) is 5.33. The van der Waals surface area contributed by atoms with Gasteiger partial charge in [-0.25, -0.2) is 13.2 Å². The van der Waals surface area contributed by atoms with Crippen molar-refractivity contribution in [1.82, 2.24) is 9.78 Å². The molecule has 7 nitrogen and oxygen atoms in total. The van der Waals surface area contributed by atoms with Crippen molar-refractivity contribution < 1.29 is 17.9 Å². The van der Waals surface area contributed by atoms with Gasteiger partial charge in [0.25, 0.3) is 0 Å². The summed E-state index contributed by atoms with van der Waals surface area (Å²) in [6, 6.07) is 7.90. The largest absolute Gasteiger partial charge is 0.422 e. The number of carbonyl (C=O) groups excluding carboxylic acids is 1. The molecule has 0 aliphatic carbocycles. The Morgan fingerprint density at radius 1 is 1.29 bits per heavy atom. The number of anilines is 1. The molecule has 0 fully saturated rings. The van der Waals surface area contributed by atoms with Crippen molar-refractivity contribution >= 4 is 43.2 Å². The number of benzene rings is 1. The normalized spacial score (nSPS) is 11.6. The van der Waals surface area contributed by atoms with Crippen LogP contribution in [-0.2, 0) is 17.1 Å². The van der Waals surface area contributed by atoms with Crippen LogP contribution in [-0.4, -0.2) is 30.4 Å². The van der Waals surface area contributed by atoms with E-state index in [-0.39, 0.29) is 0 Å². The van der Waals surface area contributed by atoms with Crippen LogP contribution in [0.5, 0.6) is 5.75 Å². The van der Waals surface area contributed by atoms with Crippen molar-refractivity contribution in [2.45, 2.75) is 6.92 Å². The summed E-state index contributed by atoms with van der Waals surface area (Å²) in [6.45, 7) is 1.89. The number of rotatable bonds is 4. The van der Waals surface area contributed by atoms with Crippen LogP contribution in [0.25, 0.3) is 10.2 Å². The first-order valence-corrected chi connectivity index (χ1v) is 9.67. The van der Waals surface area contributed by atoms with Gasteiger partial charge in [-0.2, -0.15) is 5.10 Å². The molecule has 0 spiro atoms. The van der Waals surface area contributed by atoms with Gasteiger partial charge in [0.1, 0.15) is 15.5 Å². The average molecular weight is 365 g/mol. The number of ether oxygens (including phenoxy) is 1. The van der Waals surface area contributed by atoms with Crippen LogP contribution in [0.1, 0.15) is 15.4 Å². The molecule has 0 atom stereocenters. The third-order valence-corrected chi connectivity index (χ3v) is 5.05. The number of sulfonamides is 1. The SMILES string of the molecule is Cc1nn(C)c2sc(C(=O)Oc3ccc(NS(C)(=O)=O)cc3)cc12. The Hall–Kier alpha value is -2.39. The first kappa shape index (κ1) is 16.5. The number of hydrogen-bond acceptors (Lipinski definition) is 6. The molecular weight excluding hydrogens is 350 g/mol. The van der Waals surface area contributed by atoms with Gasteiger partial charge < -0.3 is 4.74 Å². The molecule has 0 amide bonds. The van der Waals surface area contributed by atoms with Gasteiger partial charge in [0.2, 0.25) is 10.0 Å². The zero-order valence-corrected chi connectivity index (χ0v) is 14.9. The Morgan fingerprint density at radius 2 is 1.96 bits per heavy atom. The molecule has 1 N–H and O–H groups in total. The highest BCUT2D eigenvalue weighted by Gasteiger charge is 2.16. The quantitative estimate of drug-likeness (QED) is 0.567. The van der Waals surface area contributed by atoms with Gasteiger partial charge >= 0.3 is 5.97 Å². The van der Waals surface area contributed by atoms with E-state index in [1.165, 1.54) is 35.6 Å². The van der Waals surface area contributed by atoms with E-state index in [9.17, 15) is 13.2 Å². The fourth-order valence-electron chi connectivity index (χ4n) is 2.27. The number of aryl methyl sites for hydroxylation is 2. The minimum Gasteiger partial charge on any atom is -0.422 e. The molecule has 0 saturated carbocycles. The van der Waals surface area contributed by atoms with Crippen LogP contribution in [0, 0.1) is 6.92 Å².